The molecule has 0 fully saturated rings. The van der Waals surface area contributed by atoms with E-state index in [1.807, 2.05) is 0 Å². The quantitative estimate of drug-likeness (QED) is 0.403. The van der Waals surface area contributed by atoms with Crippen LogP contribution in [0.1, 0.15) is 5.69 Å². The van der Waals surface area contributed by atoms with Crippen molar-refractivity contribution >= 4 is 23.6 Å². The molecule has 0 unspecified atom stereocenters. The first kappa shape index (κ1) is 15.0. The number of carboxylic acids is 1. The van der Waals surface area contributed by atoms with Crippen LogP contribution in [-0.2, 0) is 11.2 Å². The number of nitro benzene ring substituents is 1. The summed E-state index contributed by atoms with van der Waals surface area (Å²) in [7, 11) is 0. The van der Waals surface area contributed by atoms with E-state index in [2.05, 4.69) is 14.7 Å². The molecule has 110 valence electrons. The van der Waals surface area contributed by atoms with Gasteiger partial charge < -0.3 is 10.1 Å². The van der Waals surface area contributed by atoms with Crippen LogP contribution in [0.2, 0.25) is 0 Å². The van der Waals surface area contributed by atoms with E-state index in [0.717, 1.165) is 11.9 Å². The minimum atomic E-state index is -1.05. The van der Waals surface area contributed by atoms with Gasteiger partial charge in [0.1, 0.15) is 10.9 Å². The lowest BCUT2D eigenvalue weighted by molar-refractivity contribution is -0.387. The van der Waals surface area contributed by atoms with Crippen molar-refractivity contribution in [1.82, 2.24) is 14.7 Å². The summed E-state index contributed by atoms with van der Waals surface area (Å²) in [5, 5.41) is 20.1. The third-order valence-electron chi connectivity index (χ3n) is 2.65. The largest absolute Gasteiger partial charge is 0.480 e. The van der Waals surface area contributed by atoms with Gasteiger partial charge in [-0.2, -0.15) is 0 Å². The van der Waals surface area contributed by atoms with Crippen molar-refractivity contribution in [3.63, 3.8) is 0 Å². The van der Waals surface area contributed by atoms with Crippen LogP contribution in [-0.4, -0.2) is 32.0 Å². The summed E-state index contributed by atoms with van der Waals surface area (Å²) in [4.78, 5) is 28.6. The summed E-state index contributed by atoms with van der Waals surface area (Å²) in [5.41, 5.74) is 0.596. The summed E-state index contributed by atoms with van der Waals surface area (Å²) < 4.78 is 2.73. The van der Waals surface area contributed by atoms with Crippen molar-refractivity contribution < 1.29 is 14.8 Å². The average Bonchev–Trinajstić information content (AvgIpc) is 2.96. The zero-order valence-corrected chi connectivity index (χ0v) is 11.5. The molecule has 2 rings (SSSR count). The summed E-state index contributed by atoms with van der Waals surface area (Å²) in [6.07, 6.45) is 3.19. The molecule has 2 aromatic rings. The number of hydrogen-bond donors (Lipinski definition) is 3. The Bertz CT molecular complexity index is 632. The fourth-order valence-corrected chi connectivity index (χ4v) is 2.47. The molecule has 21 heavy (non-hydrogen) atoms. The molecule has 1 atom stereocenters. The van der Waals surface area contributed by atoms with Gasteiger partial charge in [0.25, 0.3) is 5.69 Å². The number of hydrogen-bond acceptors (Lipinski definition) is 6. The average molecular weight is 308 g/mol. The number of aliphatic carboxylic acids is 1. The highest BCUT2D eigenvalue weighted by Gasteiger charge is 2.21. The van der Waals surface area contributed by atoms with Gasteiger partial charge in [-0.05, 0) is 18.0 Å². The van der Waals surface area contributed by atoms with Crippen LogP contribution in [0.3, 0.4) is 0 Å². The lowest BCUT2D eigenvalue weighted by Crippen LogP contribution is -2.34. The number of H-pyrrole nitrogens is 1. The van der Waals surface area contributed by atoms with Crippen LogP contribution >= 0.6 is 11.9 Å². The monoisotopic (exact) mass is 308 g/mol. The predicted octanol–water partition coefficient (Wildman–Crippen LogP) is 1.61. The van der Waals surface area contributed by atoms with E-state index in [0.29, 0.717) is 10.6 Å². The zero-order valence-electron chi connectivity index (χ0n) is 10.7. The number of nitrogens with zero attached hydrogens (tertiary/aromatic N) is 2. The van der Waals surface area contributed by atoms with Gasteiger partial charge >= 0.3 is 5.97 Å². The number of para-hydroxylation sites is 1. The Kier molecular flexibility index (Phi) is 4.90. The molecule has 9 heteroatoms. The fourth-order valence-electron chi connectivity index (χ4n) is 1.62. The Morgan fingerprint density at radius 3 is 2.90 bits per heavy atom. The third-order valence-corrected chi connectivity index (χ3v) is 3.62. The number of aromatic nitrogens is 2. The molecule has 0 amide bonds. The molecule has 0 aliphatic heterocycles. The first-order valence-electron chi connectivity index (χ1n) is 5.93. The molecule has 1 heterocycles. The highest BCUT2D eigenvalue weighted by Crippen LogP contribution is 2.27. The van der Waals surface area contributed by atoms with Crippen LogP contribution in [0, 0.1) is 10.1 Å². The van der Waals surface area contributed by atoms with Crippen LogP contribution in [0.4, 0.5) is 5.69 Å². The normalized spacial score (nSPS) is 12.0. The van der Waals surface area contributed by atoms with Crippen molar-refractivity contribution in [3.8, 4) is 0 Å². The number of carboxylic acid groups (broad SMARTS) is 1. The number of carbonyl (C=O) groups is 1. The van der Waals surface area contributed by atoms with Gasteiger partial charge in [-0.3, -0.25) is 14.9 Å². The van der Waals surface area contributed by atoms with E-state index in [-0.39, 0.29) is 12.1 Å². The number of benzene rings is 1. The van der Waals surface area contributed by atoms with Crippen LogP contribution < -0.4 is 4.72 Å². The van der Waals surface area contributed by atoms with Gasteiger partial charge in [-0.15, -0.1) is 0 Å². The summed E-state index contributed by atoms with van der Waals surface area (Å²) in [6.45, 7) is 0. The topological polar surface area (TPSA) is 121 Å². The molecule has 0 aliphatic rings. The smallest absolute Gasteiger partial charge is 0.321 e. The molecule has 1 aromatic heterocycles. The zero-order chi connectivity index (χ0) is 15.2. The van der Waals surface area contributed by atoms with Crippen molar-refractivity contribution in [2.45, 2.75) is 17.4 Å². The first-order valence-corrected chi connectivity index (χ1v) is 6.75. The Balaban J connectivity index is 2.05. The van der Waals surface area contributed by atoms with E-state index in [1.54, 1.807) is 18.2 Å². The van der Waals surface area contributed by atoms with Crippen molar-refractivity contribution in [2.75, 3.05) is 0 Å². The van der Waals surface area contributed by atoms with Gasteiger partial charge in [0.05, 0.1) is 11.3 Å². The van der Waals surface area contributed by atoms with E-state index in [4.69, 9.17) is 0 Å². The third kappa shape index (κ3) is 4.04. The highest BCUT2D eigenvalue weighted by molar-refractivity contribution is 7.97. The van der Waals surface area contributed by atoms with E-state index < -0.39 is 16.9 Å². The van der Waals surface area contributed by atoms with Gasteiger partial charge in [0.2, 0.25) is 0 Å². The maximum atomic E-state index is 11.2. The lowest BCUT2D eigenvalue weighted by Gasteiger charge is -2.12. The molecule has 0 aliphatic carbocycles. The minimum absolute atomic E-state index is 0.0688. The standard InChI is InChI=1S/C12H12N4O4S/c17-12(18)9(5-8-6-13-7-14-8)15-21-11-4-2-1-3-10(11)16(19)20/h1-4,6-7,9,15H,5H2,(H,13,14)(H,17,18)/t9-/m1/s1. The predicted molar refractivity (Wildman–Crippen MR) is 75.8 cm³/mol. The molecule has 0 radical (unpaired) electrons. The van der Waals surface area contributed by atoms with Crippen LogP contribution in [0.15, 0.2) is 41.7 Å². The summed E-state index contributed by atoms with van der Waals surface area (Å²) in [5.74, 6) is -1.05. The number of nitrogens with one attached hydrogen (secondary N) is 2. The fraction of sp³-hybridized carbons (Fsp3) is 0.167. The molecular weight excluding hydrogens is 296 g/mol. The van der Waals surface area contributed by atoms with E-state index >= 15 is 0 Å². The van der Waals surface area contributed by atoms with Crippen molar-refractivity contribution in [1.29, 1.82) is 0 Å². The minimum Gasteiger partial charge on any atom is -0.480 e. The Labute approximate surface area is 123 Å². The highest BCUT2D eigenvalue weighted by atomic mass is 32.2. The van der Waals surface area contributed by atoms with Gasteiger partial charge in [-0.1, -0.05) is 12.1 Å². The Morgan fingerprint density at radius 1 is 1.52 bits per heavy atom. The molecule has 0 saturated carbocycles. The molecule has 0 spiro atoms. The summed E-state index contributed by atoms with van der Waals surface area (Å²) >= 11 is 0.927. The van der Waals surface area contributed by atoms with Gasteiger partial charge in [0.15, 0.2) is 0 Å². The molecule has 0 bridgehead atoms. The number of aromatic amines is 1. The summed E-state index contributed by atoms with van der Waals surface area (Å²) in [6, 6.07) is 5.25. The molecule has 0 saturated heterocycles. The lowest BCUT2D eigenvalue weighted by atomic mass is 10.2. The second-order valence-corrected chi connectivity index (χ2v) is 5.00. The molecule has 1 aromatic carbocycles. The van der Waals surface area contributed by atoms with Gasteiger partial charge in [-0.25, -0.2) is 9.71 Å². The van der Waals surface area contributed by atoms with E-state index in [9.17, 15) is 20.0 Å². The van der Waals surface area contributed by atoms with Crippen LogP contribution in [0.5, 0.6) is 0 Å². The second kappa shape index (κ2) is 6.86. The van der Waals surface area contributed by atoms with Crippen molar-refractivity contribution in [2.24, 2.45) is 0 Å². The molecule has 8 nitrogen and oxygen atoms in total. The van der Waals surface area contributed by atoms with E-state index in [1.165, 1.54) is 18.6 Å². The maximum absolute atomic E-state index is 11.2. The molecule has 3 N–H and O–H groups in total. The second-order valence-electron chi connectivity index (χ2n) is 4.12. The maximum Gasteiger partial charge on any atom is 0.321 e. The van der Waals surface area contributed by atoms with Gasteiger partial charge in [0, 0.05) is 24.4 Å². The molecular formula is C12H12N4O4S. The number of nitro groups is 1. The Hall–Kier alpha value is -2.39. The number of imidazole rings is 1. The Morgan fingerprint density at radius 2 is 2.29 bits per heavy atom. The SMILES string of the molecule is O=C(O)[C@@H](Cc1cnc[nH]1)NSc1ccccc1[N+](=O)[O-]. The number of rotatable bonds is 7. The van der Waals surface area contributed by atoms with Crippen molar-refractivity contribution in [3.05, 3.63) is 52.6 Å². The first-order chi connectivity index (χ1) is 10.1. The van der Waals surface area contributed by atoms with Crippen LogP contribution in [0.25, 0.3) is 0 Å².